The van der Waals surface area contributed by atoms with Crippen molar-refractivity contribution < 1.29 is 14.6 Å². The molecular weight excluding hydrogens is 280 g/mol. The fraction of sp³-hybridized carbons (Fsp3) is 0.353. The second-order valence-electron chi connectivity index (χ2n) is 5.90. The van der Waals surface area contributed by atoms with Crippen LogP contribution in [0.3, 0.4) is 0 Å². The molecule has 3 N–H and O–H groups in total. The van der Waals surface area contributed by atoms with Crippen molar-refractivity contribution in [1.29, 1.82) is 0 Å². The first-order chi connectivity index (χ1) is 10.5. The third kappa shape index (κ3) is 2.91. The van der Waals surface area contributed by atoms with E-state index in [0.29, 0.717) is 6.42 Å². The Hall–Kier alpha value is -2.11. The third-order valence-electron chi connectivity index (χ3n) is 4.11. The number of H-pyrrole nitrogens is 1. The average molecular weight is 300 g/mol. The Balaban J connectivity index is 1.97. The summed E-state index contributed by atoms with van der Waals surface area (Å²) in [6.45, 7) is 2.80. The lowest BCUT2D eigenvalue weighted by Gasteiger charge is -2.11. The van der Waals surface area contributed by atoms with Crippen LogP contribution in [-0.2, 0) is 16.0 Å². The molecule has 1 aromatic heterocycles. The van der Waals surface area contributed by atoms with Gasteiger partial charge in [-0.15, -0.1) is 0 Å². The molecule has 0 bridgehead atoms. The maximum atomic E-state index is 11.2. The Morgan fingerprint density at radius 1 is 1.59 bits per heavy atom. The van der Waals surface area contributed by atoms with Crippen LogP contribution in [0.15, 0.2) is 30.5 Å². The van der Waals surface area contributed by atoms with Gasteiger partial charge >= 0.3 is 5.97 Å². The van der Waals surface area contributed by atoms with Crippen LogP contribution in [0, 0.1) is 0 Å². The molecule has 1 aliphatic rings. The van der Waals surface area contributed by atoms with E-state index in [1.165, 1.54) is 0 Å². The van der Waals surface area contributed by atoms with Crippen LogP contribution in [0.4, 0.5) is 0 Å². The molecule has 0 saturated carbocycles. The predicted molar refractivity (Wildman–Crippen MR) is 85.9 cm³/mol. The normalized spacial score (nSPS) is 22.3. The molecule has 2 heterocycles. The Kier molecular flexibility index (Phi) is 3.76. The van der Waals surface area contributed by atoms with E-state index in [2.05, 4.69) is 22.5 Å². The highest BCUT2D eigenvalue weighted by Gasteiger charge is 2.35. The van der Waals surface area contributed by atoms with E-state index in [-0.39, 0.29) is 5.60 Å². The molecule has 0 aliphatic carbocycles. The van der Waals surface area contributed by atoms with Gasteiger partial charge in [0.1, 0.15) is 11.6 Å². The van der Waals surface area contributed by atoms with Gasteiger partial charge in [-0.3, -0.25) is 4.79 Å². The lowest BCUT2D eigenvalue weighted by Crippen LogP contribution is -2.35. The Labute approximate surface area is 129 Å². The van der Waals surface area contributed by atoms with E-state index >= 15 is 0 Å². The van der Waals surface area contributed by atoms with Crippen molar-refractivity contribution in [2.75, 3.05) is 13.7 Å². The largest absolute Gasteiger partial charge is 0.480 e. The van der Waals surface area contributed by atoms with E-state index < -0.39 is 12.0 Å². The standard InChI is InChI=1S/C17H20N2O3/c1-17(10-22-17)7-6-11-4-3-5-13-15(11)12(9-19-13)8-14(18-2)16(20)21/h3-7,9,14,18-19H,8,10H2,1-2H3,(H,20,21). The van der Waals surface area contributed by atoms with Crippen molar-refractivity contribution in [2.24, 2.45) is 0 Å². The quantitative estimate of drug-likeness (QED) is 0.715. The number of hydrogen-bond donors (Lipinski definition) is 3. The fourth-order valence-corrected chi connectivity index (χ4v) is 2.59. The van der Waals surface area contributed by atoms with Gasteiger partial charge in [-0.05, 0) is 31.2 Å². The van der Waals surface area contributed by atoms with Crippen molar-refractivity contribution in [3.8, 4) is 0 Å². The SMILES string of the molecule is CNC(Cc1c[nH]c2cccc(C=CC3(C)CO3)c12)C(=O)O. The van der Waals surface area contributed by atoms with Crippen LogP contribution in [0.25, 0.3) is 17.0 Å². The summed E-state index contributed by atoms with van der Waals surface area (Å²) >= 11 is 0. The topological polar surface area (TPSA) is 77.7 Å². The first-order valence-electron chi connectivity index (χ1n) is 7.35. The molecule has 2 unspecified atom stereocenters. The van der Waals surface area contributed by atoms with Crippen molar-refractivity contribution in [1.82, 2.24) is 10.3 Å². The number of ether oxygens (including phenoxy) is 1. The van der Waals surface area contributed by atoms with Gasteiger partial charge in [-0.2, -0.15) is 0 Å². The number of hydrogen-bond acceptors (Lipinski definition) is 3. The second-order valence-corrected chi connectivity index (χ2v) is 5.90. The number of carboxylic acids is 1. The zero-order valence-electron chi connectivity index (χ0n) is 12.7. The van der Waals surface area contributed by atoms with Crippen LogP contribution < -0.4 is 5.32 Å². The maximum absolute atomic E-state index is 11.2. The molecule has 116 valence electrons. The monoisotopic (exact) mass is 300 g/mol. The number of carbonyl (C=O) groups is 1. The zero-order chi connectivity index (χ0) is 15.7. The number of nitrogens with one attached hydrogen (secondary N) is 2. The van der Waals surface area contributed by atoms with E-state index in [4.69, 9.17) is 4.74 Å². The Morgan fingerprint density at radius 2 is 2.36 bits per heavy atom. The van der Waals surface area contributed by atoms with E-state index in [1.54, 1.807) is 7.05 Å². The van der Waals surface area contributed by atoms with Gasteiger partial charge in [0, 0.05) is 23.5 Å². The highest BCUT2D eigenvalue weighted by molar-refractivity contribution is 5.92. The predicted octanol–water partition coefficient (Wildman–Crippen LogP) is 2.19. The minimum Gasteiger partial charge on any atom is -0.480 e. The summed E-state index contributed by atoms with van der Waals surface area (Å²) in [7, 11) is 1.67. The first kappa shape index (κ1) is 14.8. The number of likely N-dealkylation sites (N-methyl/N-ethyl adjacent to an activating group) is 1. The summed E-state index contributed by atoms with van der Waals surface area (Å²) in [5.41, 5.74) is 2.94. The summed E-state index contributed by atoms with van der Waals surface area (Å²) in [5, 5.41) is 13.1. The summed E-state index contributed by atoms with van der Waals surface area (Å²) in [6, 6.07) is 5.43. The molecule has 0 amide bonds. The molecule has 2 aromatic rings. The minimum atomic E-state index is -0.844. The van der Waals surface area contributed by atoms with Gasteiger partial charge in [-0.1, -0.05) is 24.3 Å². The number of carboxylic acid groups (broad SMARTS) is 1. The Bertz CT molecular complexity index is 729. The number of fused-ring (bicyclic) bond motifs is 1. The minimum absolute atomic E-state index is 0.146. The molecule has 1 aromatic carbocycles. The number of aliphatic carboxylic acids is 1. The smallest absolute Gasteiger partial charge is 0.321 e. The molecule has 0 spiro atoms. The van der Waals surface area contributed by atoms with Crippen LogP contribution in [0.5, 0.6) is 0 Å². The van der Waals surface area contributed by atoms with E-state index in [9.17, 15) is 9.90 Å². The highest BCUT2D eigenvalue weighted by atomic mass is 16.6. The summed E-state index contributed by atoms with van der Waals surface area (Å²) in [6.07, 6.45) is 6.45. The number of benzene rings is 1. The van der Waals surface area contributed by atoms with Crippen LogP contribution in [-0.4, -0.2) is 41.4 Å². The Morgan fingerprint density at radius 3 is 3.00 bits per heavy atom. The highest BCUT2D eigenvalue weighted by Crippen LogP contribution is 2.30. The van der Waals surface area contributed by atoms with Gasteiger partial charge < -0.3 is 20.1 Å². The van der Waals surface area contributed by atoms with Gasteiger partial charge in [0.2, 0.25) is 0 Å². The van der Waals surface area contributed by atoms with Crippen LogP contribution in [0.1, 0.15) is 18.1 Å². The molecular formula is C17H20N2O3. The van der Waals surface area contributed by atoms with Crippen molar-refractivity contribution in [2.45, 2.75) is 25.0 Å². The van der Waals surface area contributed by atoms with Crippen molar-refractivity contribution in [3.05, 3.63) is 41.6 Å². The molecule has 1 aliphatic heterocycles. The van der Waals surface area contributed by atoms with Crippen LogP contribution >= 0.6 is 0 Å². The lowest BCUT2D eigenvalue weighted by atomic mass is 10.00. The van der Waals surface area contributed by atoms with Crippen molar-refractivity contribution >= 4 is 22.9 Å². The first-order valence-corrected chi connectivity index (χ1v) is 7.35. The molecule has 22 heavy (non-hydrogen) atoms. The lowest BCUT2D eigenvalue weighted by molar-refractivity contribution is -0.139. The van der Waals surface area contributed by atoms with E-state index in [0.717, 1.165) is 28.6 Å². The number of rotatable bonds is 6. The van der Waals surface area contributed by atoms with Crippen molar-refractivity contribution in [3.63, 3.8) is 0 Å². The number of aromatic nitrogens is 1. The molecule has 1 fully saturated rings. The van der Waals surface area contributed by atoms with E-state index in [1.807, 2.05) is 31.3 Å². The molecule has 0 radical (unpaired) electrons. The number of epoxide rings is 1. The summed E-state index contributed by atoms with van der Waals surface area (Å²) in [5.74, 6) is -0.844. The third-order valence-corrected chi connectivity index (χ3v) is 4.11. The fourth-order valence-electron chi connectivity index (χ4n) is 2.59. The summed E-state index contributed by atoms with van der Waals surface area (Å²) in [4.78, 5) is 14.5. The molecule has 2 atom stereocenters. The molecule has 1 saturated heterocycles. The summed E-state index contributed by atoms with van der Waals surface area (Å²) < 4.78 is 5.37. The maximum Gasteiger partial charge on any atom is 0.321 e. The van der Waals surface area contributed by atoms with Crippen LogP contribution in [0.2, 0.25) is 0 Å². The molecule has 3 rings (SSSR count). The average Bonchev–Trinajstić information content (AvgIpc) is 3.09. The molecule has 5 nitrogen and oxygen atoms in total. The number of aromatic amines is 1. The van der Waals surface area contributed by atoms with Gasteiger partial charge in [0.15, 0.2) is 0 Å². The molecule has 5 heteroatoms. The second kappa shape index (κ2) is 5.59. The van der Waals surface area contributed by atoms with Gasteiger partial charge in [-0.25, -0.2) is 0 Å². The van der Waals surface area contributed by atoms with Gasteiger partial charge in [0.05, 0.1) is 6.61 Å². The zero-order valence-corrected chi connectivity index (χ0v) is 12.7. The van der Waals surface area contributed by atoms with Gasteiger partial charge in [0.25, 0.3) is 0 Å².